The van der Waals surface area contributed by atoms with E-state index in [2.05, 4.69) is 72.5 Å². The van der Waals surface area contributed by atoms with E-state index < -0.39 is 40.1 Å². The van der Waals surface area contributed by atoms with Gasteiger partial charge in [-0.15, -0.1) is 0 Å². The van der Waals surface area contributed by atoms with Crippen molar-refractivity contribution in [2.24, 2.45) is 0 Å². The summed E-state index contributed by atoms with van der Waals surface area (Å²) in [5.74, 6) is 1.49. The van der Waals surface area contributed by atoms with E-state index in [9.17, 15) is 0 Å². The number of hydrogen-bond acceptors (Lipinski definition) is 1. The number of allylic oxidation sites excluding steroid dienone is 1. The minimum absolute atomic E-state index is 1.31. The van der Waals surface area contributed by atoms with E-state index in [4.69, 9.17) is 3.76 Å². The van der Waals surface area contributed by atoms with Crippen LogP contribution in [0.1, 0.15) is 69.2 Å². The minimum atomic E-state index is -2.15. The maximum atomic E-state index is 7.13. The Morgan fingerprint density at radius 2 is 0.800 bits per heavy atom. The van der Waals surface area contributed by atoms with Crippen molar-refractivity contribution in [3.05, 3.63) is 9.00 Å². The SMILES string of the molecule is C[CH2][Ge]([CH2]C)([CH2]C)[O]C(C)=[C]([Ge]([CH2]C)([CH2]C)[CH2]C)[Ge]([CH2]C)([CH2]C)[CH2]C. The van der Waals surface area contributed by atoms with Crippen molar-refractivity contribution >= 4 is 40.1 Å². The Kier molecular flexibility index (Phi) is 12.4. The molecule has 0 aliphatic heterocycles. The molecule has 0 aliphatic carbocycles. The first-order valence-electron chi connectivity index (χ1n) is 11.2. The Morgan fingerprint density at radius 1 is 0.520 bits per heavy atom. The third-order valence-corrected chi connectivity index (χ3v) is 52.0. The van der Waals surface area contributed by atoms with Crippen molar-refractivity contribution in [1.29, 1.82) is 0 Å². The molecule has 0 aromatic rings. The van der Waals surface area contributed by atoms with Gasteiger partial charge in [-0.05, 0) is 0 Å². The summed E-state index contributed by atoms with van der Waals surface area (Å²) < 4.78 is 9.19. The summed E-state index contributed by atoms with van der Waals surface area (Å²) in [4.78, 5) is 0. The fourth-order valence-corrected chi connectivity index (χ4v) is 52.0. The average Bonchev–Trinajstić information content (AvgIpc) is 2.67. The quantitative estimate of drug-likeness (QED) is 0.170. The van der Waals surface area contributed by atoms with Gasteiger partial charge in [0.05, 0.1) is 0 Å². The van der Waals surface area contributed by atoms with Crippen LogP contribution in [0.5, 0.6) is 0 Å². The maximum absolute atomic E-state index is 7.13. The third kappa shape index (κ3) is 5.59. The molecule has 0 fully saturated rings. The Hall–Kier alpha value is 1.17. The van der Waals surface area contributed by atoms with Crippen molar-refractivity contribution in [3.63, 3.8) is 0 Å². The van der Waals surface area contributed by atoms with E-state index in [1.807, 2.05) is 0 Å². The van der Waals surface area contributed by atoms with Crippen LogP contribution < -0.4 is 0 Å². The summed E-state index contributed by atoms with van der Waals surface area (Å²) in [6.07, 6.45) is 0. The Morgan fingerprint density at radius 3 is 1.00 bits per heavy atom. The molecule has 0 heterocycles. The Labute approximate surface area is 168 Å². The van der Waals surface area contributed by atoms with Crippen molar-refractivity contribution in [2.75, 3.05) is 0 Å². The zero-order valence-electron chi connectivity index (χ0n) is 19.3. The van der Waals surface area contributed by atoms with Crippen molar-refractivity contribution in [2.45, 2.75) is 117 Å². The molecule has 0 saturated heterocycles. The van der Waals surface area contributed by atoms with Gasteiger partial charge in [0.15, 0.2) is 0 Å². The van der Waals surface area contributed by atoms with Crippen LogP contribution in [0.4, 0.5) is 0 Å². The molecule has 0 aromatic carbocycles. The first kappa shape index (κ1) is 26.2. The second-order valence-electron chi connectivity index (χ2n) is 7.96. The van der Waals surface area contributed by atoms with Crippen molar-refractivity contribution < 1.29 is 3.76 Å². The van der Waals surface area contributed by atoms with Gasteiger partial charge in [-0.25, -0.2) is 0 Å². The molecular formula is C21H48Ge3O. The van der Waals surface area contributed by atoms with Gasteiger partial charge >= 0.3 is 169 Å². The summed E-state index contributed by atoms with van der Waals surface area (Å²) >= 11 is -6.14. The molecule has 0 bridgehead atoms. The van der Waals surface area contributed by atoms with E-state index in [1.165, 1.54) is 53.0 Å². The van der Waals surface area contributed by atoms with Crippen LogP contribution >= 0.6 is 0 Å². The number of rotatable bonds is 13. The monoisotopic (exact) mass is 538 g/mol. The predicted molar refractivity (Wildman–Crippen MR) is 125 cm³/mol. The molecule has 0 saturated carbocycles. The molecule has 1 nitrogen and oxygen atoms in total. The average molecular weight is 534 g/mol. The summed E-state index contributed by atoms with van der Waals surface area (Å²) in [6.45, 7) is 24.6. The second kappa shape index (κ2) is 11.9. The molecule has 0 spiro atoms. The van der Waals surface area contributed by atoms with Crippen LogP contribution in [0.25, 0.3) is 0 Å². The van der Waals surface area contributed by atoms with Crippen molar-refractivity contribution in [1.82, 2.24) is 0 Å². The third-order valence-electron chi connectivity index (χ3n) is 7.78. The summed E-state index contributed by atoms with van der Waals surface area (Å²) in [6, 6.07) is 0. The van der Waals surface area contributed by atoms with Crippen LogP contribution in [-0.4, -0.2) is 40.1 Å². The van der Waals surface area contributed by atoms with E-state index in [1.54, 1.807) is 0 Å². The van der Waals surface area contributed by atoms with Gasteiger partial charge in [-0.3, -0.25) is 0 Å². The molecular weight excluding hydrogens is 486 g/mol. The summed E-state index contributed by atoms with van der Waals surface area (Å²) in [5, 5.41) is 12.7. The van der Waals surface area contributed by atoms with Crippen LogP contribution in [0.2, 0.25) is 47.3 Å². The molecule has 4 heteroatoms. The van der Waals surface area contributed by atoms with Crippen molar-refractivity contribution in [3.8, 4) is 0 Å². The van der Waals surface area contributed by atoms with Gasteiger partial charge in [0, 0.05) is 0 Å². The van der Waals surface area contributed by atoms with Crippen LogP contribution in [0.15, 0.2) is 9.00 Å². The molecule has 0 atom stereocenters. The van der Waals surface area contributed by atoms with E-state index in [0.29, 0.717) is 0 Å². The Bertz CT molecular complexity index is 359. The molecule has 0 N–H and O–H groups in total. The number of hydrogen-bond donors (Lipinski definition) is 0. The molecule has 0 aromatic heterocycles. The fraction of sp³-hybridized carbons (Fsp3) is 0.905. The van der Waals surface area contributed by atoms with Gasteiger partial charge < -0.3 is 0 Å². The molecule has 0 aliphatic rings. The van der Waals surface area contributed by atoms with E-state index in [-0.39, 0.29) is 0 Å². The fourth-order valence-electron chi connectivity index (χ4n) is 5.21. The molecule has 0 radical (unpaired) electrons. The molecule has 0 amide bonds. The van der Waals surface area contributed by atoms with Gasteiger partial charge in [-0.1, -0.05) is 0 Å². The van der Waals surface area contributed by atoms with Crippen LogP contribution in [-0.2, 0) is 3.76 Å². The first-order chi connectivity index (χ1) is 11.8. The topological polar surface area (TPSA) is 9.23 Å². The van der Waals surface area contributed by atoms with Gasteiger partial charge in [0.1, 0.15) is 0 Å². The molecule has 25 heavy (non-hydrogen) atoms. The molecule has 0 unspecified atom stereocenters. The van der Waals surface area contributed by atoms with E-state index in [0.717, 1.165) is 0 Å². The van der Waals surface area contributed by atoms with Crippen LogP contribution in [0, 0.1) is 0 Å². The predicted octanol–water partition coefficient (Wildman–Crippen LogP) is 8.38. The van der Waals surface area contributed by atoms with Crippen LogP contribution in [0.3, 0.4) is 0 Å². The zero-order valence-corrected chi connectivity index (χ0v) is 25.6. The summed E-state index contributed by atoms with van der Waals surface area (Å²) in [7, 11) is 0. The van der Waals surface area contributed by atoms with Gasteiger partial charge in [0.2, 0.25) is 0 Å². The van der Waals surface area contributed by atoms with E-state index >= 15 is 0 Å². The normalized spacial score (nSPS) is 13.0. The zero-order chi connectivity index (χ0) is 19.7. The summed E-state index contributed by atoms with van der Waals surface area (Å²) in [5.41, 5.74) is 0. The first-order valence-corrected chi connectivity index (χ1v) is 27.5. The standard InChI is InChI=1S/C21H48Ge3O/c1-11-22(12-2,13-3)21(23(14-4,15-5)16-6)20(10)25-24(17-7,18-8)19-9/h11-19H2,1-10H3. The molecule has 150 valence electrons. The molecule has 0 rings (SSSR count). The second-order valence-corrected chi connectivity index (χ2v) is 41.7. The Balaban J connectivity index is 6.56. The van der Waals surface area contributed by atoms with Gasteiger partial charge in [0.25, 0.3) is 0 Å². The van der Waals surface area contributed by atoms with Gasteiger partial charge in [-0.2, -0.15) is 0 Å².